The standard InChI is InChI=1S/C18H13BrClN5O3/c19-16-11-24(10-12-4-6-15(7-5-12)25(27)28)23-17(16)18(26)22-21-9-13-2-1-3-14(20)8-13/h1-9,11H,10H2,(H,22,26)/b21-9-. The van der Waals surface area contributed by atoms with Gasteiger partial charge in [0.25, 0.3) is 11.6 Å². The molecule has 8 nitrogen and oxygen atoms in total. The van der Waals surface area contributed by atoms with E-state index in [1.165, 1.54) is 18.3 Å². The van der Waals surface area contributed by atoms with E-state index in [2.05, 4.69) is 31.6 Å². The summed E-state index contributed by atoms with van der Waals surface area (Å²) in [5.41, 5.74) is 4.16. The second-order valence-electron chi connectivity index (χ2n) is 5.70. The van der Waals surface area contributed by atoms with Crippen LogP contribution in [0.5, 0.6) is 0 Å². The topological polar surface area (TPSA) is 102 Å². The fraction of sp³-hybridized carbons (Fsp3) is 0.0556. The molecule has 0 saturated carbocycles. The lowest BCUT2D eigenvalue weighted by Gasteiger charge is -2.01. The molecule has 1 N–H and O–H groups in total. The maximum absolute atomic E-state index is 12.3. The minimum Gasteiger partial charge on any atom is -0.266 e. The molecule has 28 heavy (non-hydrogen) atoms. The third-order valence-corrected chi connectivity index (χ3v) is 4.47. The number of nitro groups is 1. The van der Waals surface area contributed by atoms with Gasteiger partial charge in [0.2, 0.25) is 0 Å². The van der Waals surface area contributed by atoms with Gasteiger partial charge in [-0.2, -0.15) is 10.2 Å². The molecule has 142 valence electrons. The van der Waals surface area contributed by atoms with E-state index in [9.17, 15) is 14.9 Å². The van der Waals surface area contributed by atoms with Crippen molar-refractivity contribution in [3.05, 3.63) is 91.2 Å². The number of hydrazone groups is 1. The zero-order valence-corrected chi connectivity index (χ0v) is 16.6. The van der Waals surface area contributed by atoms with Crippen molar-refractivity contribution in [1.29, 1.82) is 0 Å². The summed E-state index contributed by atoms with van der Waals surface area (Å²) in [7, 11) is 0. The van der Waals surface area contributed by atoms with Crippen molar-refractivity contribution in [2.45, 2.75) is 6.54 Å². The molecule has 0 aliphatic rings. The Kier molecular flexibility index (Phi) is 6.17. The molecule has 0 aliphatic carbocycles. The highest BCUT2D eigenvalue weighted by Crippen LogP contribution is 2.17. The zero-order chi connectivity index (χ0) is 20.1. The molecule has 1 heterocycles. The second-order valence-corrected chi connectivity index (χ2v) is 6.99. The molecule has 2 aromatic carbocycles. The molecule has 0 unspecified atom stereocenters. The van der Waals surface area contributed by atoms with Gasteiger partial charge in [-0.15, -0.1) is 0 Å². The molecule has 0 bridgehead atoms. The number of carbonyl (C=O) groups excluding carboxylic acids is 1. The van der Waals surface area contributed by atoms with Crippen LogP contribution in [-0.4, -0.2) is 26.8 Å². The SMILES string of the molecule is O=C(N/N=C\c1cccc(Cl)c1)c1nn(Cc2ccc([N+](=O)[O-])cc2)cc1Br. The van der Waals surface area contributed by atoms with E-state index in [0.29, 0.717) is 16.0 Å². The van der Waals surface area contributed by atoms with Crippen molar-refractivity contribution in [1.82, 2.24) is 15.2 Å². The average Bonchev–Trinajstić information content (AvgIpc) is 3.02. The van der Waals surface area contributed by atoms with Gasteiger partial charge in [-0.1, -0.05) is 35.9 Å². The predicted molar refractivity (Wildman–Crippen MR) is 109 cm³/mol. The molecule has 1 aromatic heterocycles. The fourth-order valence-electron chi connectivity index (χ4n) is 2.35. The van der Waals surface area contributed by atoms with Crippen LogP contribution in [-0.2, 0) is 6.54 Å². The lowest BCUT2D eigenvalue weighted by atomic mass is 10.2. The Hall–Kier alpha value is -3.04. The van der Waals surface area contributed by atoms with Gasteiger partial charge in [0, 0.05) is 23.4 Å². The van der Waals surface area contributed by atoms with Crippen molar-refractivity contribution in [2.75, 3.05) is 0 Å². The molecule has 0 fully saturated rings. The summed E-state index contributed by atoms with van der Waals surface area (Å²) >= 11 is 9.20. The van der Waals surface area contributed by atoms with Crippen molar-refractivity contribution < 1.29 is 9.72 Å². The van der Waals surface area contributed by atoms with Crippen LogP contribution in [0.25, 0.3) is 0 Å². The van der Waals surface area contributed by atoms with E-state index in [0.717, 1.165) is 11.1 Å². The first-order valence-corrected chi connectivity index (χ1v) is 9.15. The summed E-state index contributed by atoms with van der Waals surface area (Å²) in [6.07, 6.45) is 3.13. The molecule has 3 aromatic rings. The lowest BCUT2D eigenvalue weighted by Crippen LogP contribution is -2.19. The molecule has 10 heteroatoms. The van der Waals surface area contributed by atoms with Crippen molar-refractivity contribution >= 4 is 45.3 Å². The number of halogens is 2. The van der Waals surface area contributed by atoms with E-state index in [1.807, 2.05) is 0 Å². The van der Waals surface area contributed by atoms with Crippen LogP contribution in [0.15, 0.2) is 64.3 Å². The quantitative estimate of drug-likeness (QED) is 0.339. The zero-order valence-electron chi connectivity index (χ0n) is 14.3. The number of rotatable bonds is 6. The number of aromatic nitrogens is 2. The molecule has 0 radical (unpaired) electrons. The number of hydrogen-bond acceptors (Lipinski definition) is 5. The molecule has 0 atom stereocenters. The Labute approximate surface area is 173 Å². The Morgan fingerprint density at radius 3 is 2.75 bits per heavy atom. The molecular formula is C18H13BrClN5O3. The first kappa shape index (κ1) is 19.7. The summed E-state index contributed by atoms with van der Waals surface area (Å²) in [6, 6.07) is 13.2. The maximum atomic E-state index is 12.3. The molecule has 0 saturated heterocycles. The van der Waals surface area contributed by atoms with Crippen LogP contribution >= 0.6 is 27.5 Å². The number of carbonyl (C=O) groups is 1. The summed E-state index contributed by atoms with van der Waals surface area (Å²) in [5.74, 6) is -0.479. The van der Waals surface area contributed by atoms with Gasteiger partial charge >= 0.3 is 0 Å². The third kappa shape index (κ3) is 5.02. The molecule has 0 spiro atoms. The highest BCUT2D eigenvalue weighted by atomic mass is 79.9. The second kappa shape index (κ2) is 8.77. The minimum atomic E-state index is -0.479. The maximum Gasteiger partial charge on any atom is 0.293 e. The van der Waals surface area contributed by atoms with Crippen LogP contribution in [0.2, 0.25) is 5.02 Å². The number of nitro benzene ring substituents is 1. The minimum absolute atomic E-state index is 0.0167. The van der Waals surface area contributed by atoms with Gasteiger partial charge < -0.3 is 0 Å². The van der Waals surface area contributed by atoms with Crippen LogP contribution in [0.4, 0.5) is 5.69 Å². The Bertz CT molecular complexity index is 1050. The van der Waals surface area contributed by atoms with Gasteiger partial charge in [0.1, 0.15) is 0 Å². The average molecular weight is 463 g/mol. The monoisotopic (exact) mass is 461 g/mol. The van der Waals surface area contributed by atoms with Crippen LogP contribution < -0.4 is 5.43 Å². The van der Waals surface area contributed by atoms with Gasteiger partial charge in [-0.3, -0.25) is 19.6 Å². The smallest absolute Gasteiger partial charge is 0.266 e. The number of nitrogens with zero attached hydrogens (tertiary/aromatic N) is 4. The Morgan fingerprint density at radius 2 is 2.07 bits per heavy atom. The molecule has 3 rings (SSSR count). The van der Waals surface area contributed by atoms with E-state index in [-0.39, 0.29) is 11.4 Å². The summed E-state index contributed by atoms with van der Waals surface area (Å²) < 4.78 is 2.06. The number of nitrogens with one attached hydrogen (secondary N) is 1. The Morgan fingerprint density at radius 1 is 1.32 bits per heavy atom. The van der Waals surface area contributed by atoms with Crippen molar-refractivity contribution in [2.24, 2.45) is 5.10 Å². The number of hydrogen-bond donors (Lipinski definition) is 1. The van der Waals surface area contributed by atoms with Crippen molar-refractivity contribution in [3.63, 3.8) is 0 Å². The van der Waals surface area contributed by atoms with E-state index in [4.69, 9.17) is 11.6 Å². The number of amides is 1. The van der Waals surface area contributed by atoms with Crippen molar-refractivity contribution in [3.8, 4) is 0 Å². The third-order valence-electron chi connectivity index (χ3n) is 3.65. The largest absolute Gasteiger partial charge is 0.293 e. The first-order chi connectivity index (χ1) is 13.4. The van der Waals surface area contributed by atoms with Crippen LogP contribution in [0.1, 0.15) is 21.6 Å². The highest BCUT2D eigenvalue weighted by Gasteiger charge is 2.15. The van der Waals surface area contributed by atoms with Gasteiger partial charge in [-0.05, 0) is 39.2 Å². The first-order valence-electron chi connectivity index (χ1n) is 7.97. The number of non-ortho nitro benzene ring substituents is 1. The van der Waals surface area contributed by atoms with Gasteiger partial charge in [-0.25, -0.2) is 5.43 Å². The summed E-state index contributed by atoms with van der Waals surface area (Å²) in [4.78, 5) is 22.5. The number of benzene rings is 2. The molecule has 0 aliphatic heterocycles. The fourth-order valence-corrected chi connectivity index (χ4v) is 3.04. The van der Waals surface area contributed by atoms with E-state index < -0.39 is 10.8 Å². The van der Waals surface area contributed by atoms with Gasteiger partial charge in [0.05, 0.1) is 22.2 Å². The summed E-state index contributed by atoms with van der Waals surface area (Å²) in [6.45, 7) is 0.357. The van der Waals surface area contributed by atoms with E-state index >= 15 is 0 Å². The highest BCUT2D eigenvalue weighted by molar-refractivity contribution is 9.10. The van der Waals surface area contributed by atoms with Gasteiger partial charge in [0.15, 0.2) is 5.69 Å². The summed E-state index contributed by atoms with van der Waals surface area (Å²) in [5, 5.41) is 19.4. The predicted octanol–water partition coefficient (Wildman–Crippen LogP) is 4.02. The lowest BCUT2D eigenvalue weighted by molar-refractivity contribution is -0.384. The normalized spacial score (nSPS) is 10.9. The Balaban J connectivity index is 1.65. The molecular weight excluding hydrogens is 450 g/mol. The van der Waals surface area contributed by atoms with E-state index in [1.54, 1.807) is 47.3 Å². The van der Waals surface area contributed by atoms with Crippen LogP contribution in [0, 0.1) is 10.1 Å². The molecule has 1 amide bonds. The van der Waals surface area contributed by atoms with Crippen LogP contribution in [0.3, 0.4) is 0 Å².